The van der Waals surface area contributed by atoms with Crippen LogP contribution in [0.1, 0.15) is 17.5 Å². The second-order valence-corrected chi connectivity index (χ2v) is 5.24. The van der Waals surface area contributed by atoms with E-state index in [0.29, 0.717) is 19.8 Å². The molecule has 0 unspecified atom stereocenters. The highest BCUT2D eigenvalue weighted by atomic mass is 35.5. The highest BCUT2D eigenvalue weighted by Gasteiger charge is 2.00. The van der Waals surface area contributed by atoms with Gasteiger partial charge in [-0.15, -0.1) is 0 Å². The van der Waals surface area contributed by atoms with Crippen molar-refractivity contribution in [1.82, 2.24) is 0 Å². The Morgan fingerprint density at radius 3 is 2.38 bits per heavy atom. The minimum absolute atomic E-state index is 0.550. The summed E-state index contributed by atoms with van der Waals surface area (Å²) in [6, 6.07) is 13.4. The normalized spacial score (nSPS) is 10.4. The molecule has 0 heterocycles. The lowest BCUT2D eigenvalue weighted by molar-refractivity contribution is 0.246. The van der Waals surface area contributed by atoms with E-state index in [2.05, 4.69) is 0 Å². The largest absolute Gasteiger partial charge is 0.493 e. The number of hydrogen-bond acceptors (Lipinski definition) is 3. The topological polar surface area (TPSA) is 44.5 Å². The smallest absolute Gasteiger partial charge is 0.122 e. The van der Waals surface area contributed by atoms with E-state index < -0.39 is 0 Å². The molecule has 0 aliphatic rings. The van der Waals surface area contributed by atoms with Gasteiger partial charge in [0.1, 0.15) is 11.5 Å². The predicted octanol–water partition coefficient (Wildman–Crippen LogP) is 3.96. The molecule has 112 valence electrons. The van der Waals surface area contributed by atoms with Crippen LogP contribution in [0.25, 0.3) is 0 Å². The van der Waals surface area contributed by atoms with Gasteiger partial charge < -0.3 is 15.2 Å². The van der Waals surface area contributed by atoms with Crippen molar-refractivity contribution in [3.05, 3.63) is 58.6 Å². The van der Waals surface area contributed by atoms with Gasteiger partial charge in [-0.25, -0.2) is 0 Å². The van der Waals surface area contributed by atoms with E-state index in [-0.39, 0.29) is 0 Å². The van der Waals surface area contributed by atoms with Crippen LogP contribution < -0.4 is 15.2 Å². The molecule has 21 heavy (non-hydrogen) atoms. The molecule has 3 nitrogen and oxygen atoms in total. The first-order valence-electron chi connectivity index (χ1n) is 7.00. The van der Waals surface area contributed by atoms with Crippen LogP contribution in [0.3, 0.4) is 0 Å². The van der Waals surface area contributed by atoms with Crippen molar-refractivity contribution in [2.24, 2.45) is 5.73 Å². The van der Waals surface area contributed by atoms with Crippen LogP contribution in [0.15, 0.2) is 42.5 Å². The summed E-state index contributed by atoms with van der Waals surface area (Å²) < 4.78 is 11.4. The second kappa shape index (κ2) is 7.91. The van der Waals surface area contributed by atoms with Crippen molar-refractivity contribution in [3.8, 4) is 11.5 Å². The second-order valence-electron chi connectivity index (χ2n) is 4.81. The molecule has 4 heteroatoms. The molecule has 0 aliphatic heterocycles. The van der Waals surface area contributed by atoms with Crippen molar-refractivity contribution in [2.45, 2.75) is 19.9 Å². The monoisotopic (exact) mass is 305 g/mol. The SMILES string of the molecule is Cc1cc(Cl)ccc1OCCCOc1ccc(CN)cc1. The van der Waals surface area contributed by atoms with Crippen molar-refractivity contribution in [2.75, 3.05) is 13.2 Å². The average molecular weight is 306 g/mol. The molecule has 0 fully saturated rings. The van der Waals surface area contributed by atoms with Gasteiger partial charge in [-0.3, -0.25) is 0 Å². The first-order chi connectivity index (χ1) is 10.2. The minimum Gasteiger partial charge on any atom is -0.493 e. The molecular formula is C17H20ClNO2. The maximum absolute atomic E-state index is 5.91. The molecule has 0 saturated heterocycles. The van der Waals surface area contributed by atoms with E-state index in [4.69, 9.17) is 26.8 Å². The Morgan fingerprint density at radius 1 is 1.00 bits per heavy atom. The third-order valence-electron chi connectivity index (χ3n) is 3.11. The van der Waals surface area contributed by atoms with Crippen LogP contribution in [0, 0.1) is 6.92 Å². The quantitative estimate of drug-likeness (QED) is 0.788. The molecule has 0 aromatic heterocycles. The Hall–Kier alpha value is -1.71. The van der Waals surface area contributed by atoms with Crippen LogP contribution in [-0.4, -0.2) is 13.2 Å². The van der Waals surface area contributed by atoms with Crippen molar-refractivity contribution in [3.63, 3.8) is 0 Å². The summed E-state index contributed by atoms with van der Waals surface area (Å²) in [6.45, 7) is 3.77. The lowest BCUT2D eigenvalue weighted by Gasteiger charge is -2.10. The van der Waals surface area contributed by atoms with Crippen molar-refractivity contribution >= 4 is 11.6 Å². The molecule has 2 aromatic rings. The Morgan fingerprint density at radius 2 is 1.71 bits per heavy atom. The predicted molar refractivity (Wildman–Crippen MR) is 86.1 cm³/mol. The zero-order valence-electron chi connectivity index (χ0n) is 12.1. The van der Waals surface area contributed by atoms with E-state index >= 15 is 0 Å². The van der Waals surface area contributed by atoms with Crippen LogP contribution in [0.4, 0.5) is 0 Å². The van der Waals surface area contributed by atoms with Crippen molar-refractivity contribution in [1.29, 1.82) is 0 Å². The Labute approximate surface area is 130 Å². The number of rotatable bonds is 7. The summed E-state index contributed by atoms with van der Waals surface area (Å²) >= 11 is 5.91. The van der Waals surface area contributed by atoms with Gasteiger partial charge in [0.15, 0.2) is 0 Å². The summed E-state index contributed by atoms with van der Waals surface area (Å²) in [5.74, 6) is 1.72. The minimum atomic E-state index is 0.550. The van der Waals surface area contributed by atoms with Crippen LogP contribution in [0.5, 0.6) is 11.5 Å². The summed E-state index contributed by atoms with van der Waals surface area (Å²) in [7, 11) is 0. The Kier molecular flexibility index (Phi) is 5.90. The maximum atomic E-state index is 5.91. The summed E-state index contributed by atoms with van der Waals surface area (Å²) in [4.78, 5) is 0. The first kappa shape index (κ1) is 15.7. The van der Waals surface area contributed by atoms with Gasteiger partial charge in [0.05, 0.1) is 13.2 Å². The highest BCUT2D eigenvalue weighted by molar-refractivity contribution is 6.30. The molecule has 2 N–H and O–H groups in total. The number of benzene rings is 2. The zero-order chi connectivity index (χ0) is 15.1. The molecule has 0 atom stereocenters. The summed E-state index contributed by atoms with van der Waals surface area (Å²) in [5, 5.41) is 0.726. The number of aryl methyl sites for hydroxylation is 1. The molecule has 0 radical (unpaired) electrons. The fourth-order valence-corrected chi connectivity index (χ4v) is 2.15. The lowest BCUT2D eigenvalue weighted by Crippen LogP contribution is -2.05. The first-order valence-corrected chi connectivity index (χ1v) is 7.37. The molecule has 0 aliphatic carbocycles. The zero-order valence-corrected chi connectivity index (χ0v) is 12.9. The standard InChI is InChI=1S/C17H20ClNO2/c1-13-11-15(18)5-8-17(13)21-10-2-9-20-16-6-3-14(12-19)4-7-16/h3-8,11H,2,9-10,12,19H2,1H3. The molecule has 0 saturated carbocycles. The van der Waals surface area contributed by atoms with E-state index in [0.717, 1.165) is 34.1 Å². The molecule has 0 spiro atoms. The maximum Gasteiger partial charge on any atom is 0.122 e. The fourth-order valence-electron chi connectivity index (χ4n) is 1.93. The van der Waals surface area contributed by atoms with Crippen LogP contribution in [0.2, 0.25) is 5.02 Å². The Balaban J connectivity index is 1.69. The molecule has 0 bridgehead atoms. The molecule has 2 rings (SSSR count). The van der Waals surface area contributed by atoms with Gasteiger partial charge in [-0.05, 0) is 48.4 Å². The van der Waals surface area contributed by atoms with Gasteiger partial charge in [0.25, 0.3) is 0 Å². The number of halogens is 1. The Bertz CT molecular complexity index is 570. The van der Waals surface area contributed by atoms with Crippen LogP contribution in [-0.2, 0) is 6.54 Å². The van der Waals surface area contributed by atoms with Crippen molar-refractivity contribution < 1.29 is 9.47 Å². The van der Waals surface area contributed by atoms with E-state index in [1.807, 2.05) is 49.4 Å². The molecular weight excluding hydrogens is 286 g/mol. The van der Waals surface area contributed by atoms with Gasteiger partial charge in [0, 0.05) is 18.0 Å². The molecule has 2 aromatic carbocycles. The average Bonchev–Trinajstić information content (AvgIpc) is 2.49. The van der Waals surface area contributed by atoms with E-state index in [1.54, 1.807) is 0 Å². The lowest BCUT2D eigenvalue weighted by atomic mass is 10.2. The van der Waals surface area contributed by atoms with E-state index in [1.165, 1.54) is 0 Å². The summed E-state index contributed by atoms with van der Waals surface area (Å²) in [5.41, 5.74) is 7.69. The number of ether oxygens (including phenoxy) is 2. The van der Waals surface area contributed by atoms with Gasteiger partial charge in [-0.2, -0.15) is 0 Å². The highest BCUT2D eigenvalue weighted by Crippen LogP contribution is 2.21. The van der Waals surface area contributed by atoms with E-state index in [9.17, 15) is 0 Å². The third-order valence-corrected chi connectivity index (χ3v) is 3.35. The number of hydrogen-bond donors (Lipinski definition) is 1. The molecule has 0 amide bonds. The van der Waals surface area contributed by atoms with Crippen LogP contribution >= 0.6 is 11.6 Å². The summed E-state index contributed by atoms with van der Waals surface area (Å²) in [6.07, 6.45) is 0.820. The van der Waals surface area contributed by atoms with Gasteiger partial charge >= 0.3 is 0 Å². The third kappa shape index (κ3) is 4.96. The van der Waals surface area contributed by atoms with Gasteiger partial charge in [0.2, 0.25) is 0 Å². The number of nitrogens with two attached hydrogens (primary N) is 1. The van der Waals surface area contributed by atoms with Gasteiger partial charge in [-0.1, -0.05) is 23.7 Å². The fraction of sp³-hybridized carbons (Fsp3) is 0.294.